The Hall–Kier alpha value is -0.260. The highest BCUT2D eigenvalue weighted by Crippen LogP contribution is 2.19. The van der Waals surface area contributed by atoms with Crippen LogP contribution in [0.2, 0.25) is 0 Å². The molecule has 1 amide bonds. The maximum atomic E-state index is 11.6. The number of hydrogen-bond donors (Lipinski definition) is 2. The van der Waals surface area contributed by atoms with Gasteiger partial charge >= 0.3 is 0 Å². The van der Waals surface area contributed by atoms with Crippen LogP contribution in [0.5, 0.6) is 0 Å². The number of amides is 1. The minimum absolute atomic E-state index is 0.137. The Balaban J connectivity index is 1.90. The van der Waals surface area contributed by atoms with Crippen LogP contribution in [0.15, 0.2) is 0 Å². The second-order valence-corrected chi connectivity index (χ2v) is 5.86. The molecule has 0 radical (unpaired) electrons. The summed E-state index contributed by atoms with van der Waals surface area (Å²) in [6.45, 7) is 6.38. The average Bonchev–Trinajstić information content (AvgIpc) is 2.41. The fourth-order valence-electron chi connectivity index (χ4n) is 1.82. The molecule has 1 aliphatic heterocycles. The molecule has 5 heteroatoms. The van der Waals surface area contributed by atoms with Crippen molar-refractivity contribution in [2.45, 2.75) is 37.9 Å². The second kappa shape index (κ2) is 10.6. The summed E-state index contributed by atoms with van der Waals surface area (Å²) in [5.41, 5.74) is 0. The third-order valence-electron chi connectivity index (χ3n) is 2.95. The van der Waals surface area contributed by atoms with E-state index in [1.54, 1.807) is 11.8 Å². The third-order valence-corrected chi connectivity index (χ3v) is 4.32. The number of carbonyl (C=O) groups excluding carboxylic acids is 1. The normalized spacial score (nSPS) is 16.7. The maximum absolute atomic E-state index is 11.6. The molecule has 0 spiro atoms. The molecule has 1 saturated heterocycles. The smallest absolute Gasteiger partial charge is 0.230 e. The lowest BCUT2D eigenvalue weighted by Gasteiger charge is -2.21. The Kier molecular flexibility index (Phi) is 9.34. The number of rotatable bonds is 9. The standard InChI is InChI=1S/C13H26N2O2S/c1-2-3-9-17-10-8-15-13(16)11-18-12-4-6-14-7-5-12/h12,14H,2-11H2,1H3,(H,15,16). The molecule has 18 heavy (non-hydrogen) atoms. The van der Waals surface area contributed by atoms with Gasteiger partial charge in [0.2, 0.25) is 5.91 Å². The number of unbranched alkanes of at least 4 members (excludes halogenated alkanes) is 1. The van der Waals surface area contributed by atoms with Crippen molar-refractivity contribution in [2.75, 3.05) is 38.6 Å². The van der Waals surface area contributed by atoms with Gasteiger partial charge in [-0.25, -0.2) is 0 Å². The van der Waals surface area contributed by atoms with Gasteiger partial charge in [-0.1, -0.05) is 13.3 Å². The molecule has 0 bridgehead atoms. The van der Waals surface area contributed by atoms with Gasteiger partial charge in [0.05, 0.1) is 12.4 Å². The highest BCUT2D eigenvalue weighted by Gasteiger charge is 2.14. The van der Waals surface area contributed by atoms with Crippen molar-refractivity contribution in [1.29, 1.82) is 0 Å². The summed E-state index contributed by atoms with van der Waals surface area (Å²) in [5, 5.41) is 6.88. The molecule has 2 N–H and O–H groups in total. The predicted molar refractivity (Wildman–Crippen MR) is 77.1 cm³/mol. The van der Waals surface area contributed by atoms with Crippen LogP contribution in [-0.4, -0.2) is 49.8 Å². The summed E-state index contributed by atoms with van der Waals surface area (Å²) < 4.78 is 5.39. The van der Waals surface area contributed by atoms with Crippen molar-refractivity contribution in [1.82, 2.24) is 10.6 Å². The van der Waals surface area contributed by atoms with Gasteiger partial charge in [-0.15, -0.1) is 11.8 Å². The van der Waals surface area contributed by atoms with Gasteiger partial charge in [0.15, 0.2) is 0 Å². The zero-order valence-electron chi connectivity index (χ0n) is 11.4. The minimum atomic E-state index is 0.137. The maximum Gasteiger partial charge on any atom is 0.230 e. The van der Waals surface area contributed by atoms with Crippen LogP contribution >= 0.6 is 11.8 Å². The largest absolute Gasteiger partial charge is 0.380 e. The van der Waals surface area contributed by atoms with E-state index in [-0.39, 0.29) is 5.91 Å². The Morgan fingerprint density at radius 1 is 1.39 bits per heavy atom. The first-order valence-corrected chi connectivity index (χ1v) is 8.04. The summed E-state index contributed by atoms with van der Waals surface area (Å²) in [6.07, 6.45) is 4.61. The molecule has 0 aliphatic carbocycles. The molecule has 106 valence electrons. The number of carbonyl (C=O) groups is 1. The van der Waals surface area contributed by atoms with Crippen LogP contribution in [-0.2, 0) is 9.53 Å². The predicted octanol–water partition coefficient (Wildman–Crippen LogP) is 1.40. The Morgan fingerprint density at radius 2 is 2.17 bits per heavy atom. The molecule has 0 atom stereocenters. The molecule has 1 rings (SSSR count). The number of piperidine rings is 1. The average molecular weight is 274 g/mol. The number of thioether (sulfide) groups is 1. The van der Waals surface area contributed by atoms with Crippen LogP contribution in [0, 0.1) is 0 Å². The van der Waals surface area contributed by atoms with E-state index >= 15 is 0 Å². The van der Waals surface area contributed by atoms with Crippen molar-refractivity contribution in [3.05, 3.63) is 0 Å². The molecular formula is C13H26N2O2S. The lowest BCUT2D eigenvalue weighted by atomic mass is 10.2. The second-order valence-electron chi connectivity index (χ2n) is 4.58. The van der Waals surface area contributed by atoms with E-state index in [4.69, 9.17) is 4.74 Å². The molecular weight excluding hydrogens is 248 g/mol. The van der Waals surface area contributed by atoms with E-state index in [2.05, 4.69) is 17.6 Å². The van der Waals surface area contributed by atoms with Crippen LogP contribution in [0.25, 0.3) is 0 Å². The first-order chi connectivity index (χ1) is 8.83. The molecule has 0 aromatic carbocycles. The van der Waals surface area contributed by atoms with E-state index in [0.717, 1.165) is 32.5 Å². The van der Waals surface area contributed by atoms with E-state index in [0.29, 0.717) is 24.2 Å². The van der Waals surface area contributed by atoms with Gasteiger partial charge in [-0.05, 0) is 32.4 Å². The molecule has 0 aromatic rings. The lowest BCUT2D eigenvalue weighted by molar-refractivity contribution is -0.118. The molecule has 1 heterocycles. The molecule has 1 aliphatic rings. The SMILES string of the molecule is CCCCOCCNC(=O)CSC1CCNCC1. The molecule has 0 unspecified atom stereocenters. The van der Waals surface area contributed by atoms with E-state index in [1.807, 2.05) is 0 Å². The fourth-order valence-corrected chi connectivity index (χ4v) is 2.88. The van der Waals surface area contributed by atoms with Crippen molar-refractivity contribution in [3.8, 4) is 0 Å². The zero-order valence-corrected chi connectivity index (χ0v) is 12.2. The van der Waals surface area contributed by atoms with Gasteiger partial charge in [0, 0.05) is 18.4 Å². The lowest BCUT2D eigenvalue weighted by Crippen LogP contribution is -2.32. The minimum Gasteiger partial charge on any atom is -0.380 e. The van der Waals surface area contributed by atoms with E-state index < -0.39 is 0 Å². The van der Waals surface area contributed by atoms with E-state index in [1.165, 1.54) is 12.8 Å². The van der Waals surface area contributed by atoms with Gasteiger partial charge in [0.1, 0.15) is 0 Å². The molecule has 4 nitrogen and oxygen atoms in total. The van der Waals surface area contributed by atoms with Crippen LogP contribution < -0.4 is 10.6 Å². The zero-order chi connectivity index (χ0) is 13.1. The Bertz CT molecular complexity index is 221. The molecule has 0 saturated carbocycles. The fraction of sp³-hybridized carbons (Fsp3) is 0.923. The highest BCUT2D eigenvalue weighted by molar-refractivity contribution is 8.00. The quantitative estimate of drug-likeness (QED) is 0.624. The summed E-state index contributed by atoms with van der Waals surface area (Å²) >= 11 is 1.78. The first-order valence-electron chi connectivity index (χ1n) is 6.99. The van der Waals surface area contributed by atoms with E-state index in [9.17, 15) is 4.79 Å². The Morgan fingerprint density at radius 3 is 2.89 bits per heavy atom. The number of ether oxygens (including phenoxy) is 1. The van der Waals surface area contributed by atoms with Gasteiger partial charge in [-0.3, -0.25) is 4.79 Å². The topological polar surface area (TPSA) is 50.4 Å². The number of hydrogen-bond acceptors (Lipinski definition) is 4. The highest BCUT2D eigenvalue weighted by atomic mass is 32.2. The molecule has 1 fully saturated rings. The summed E-state index contributed by atoms with van der Waals surface area (Å²) in [6, 6.07) is 0. The first kappa shape index (κ1) is 15.8. The van der Waals surface area contributed by atoms with Crippen molar-refractivity contribution < 1.29 is 9.53 Å². The van der Waals surface area contributed by atoms with Crippen LogP contribution in [0.4, 0.5) is 0 Å². The number of nitrogens with one attached hydrogen (secondary N) is 2. The monoisotopic (exact) mass is 274 g/mol. The third kappa shape index (κ3) is 7.95. The van der Waals surface area contributed by atoms with Crippen molar-refractivity contribution >= 4 is 17.7 Å². The van der Waals surface area contributed by atoms with Gasteiger partial charge in [-0.2, -0.15) is 0 Å². The summed E-state index contributed by atoms with van der Waals surface area (Å²) in [4.78, 5) is 11.6. The van der Waals surface area contributed by atoms with Gasteiger partial charge in [0.25, 0.3) is 0 Å². The van der Waals surface area contributed by atoms with Gasteiger partial charge < -0.3 is 15.4 Å². The Labute approximate surface area is 115 Å². The molecule has 0 aromatic heterocycles. The summed E-state index contributed by atoms with van der Waals surface area (Å²) in [5.74, 6) is 0.720. The van der Waals surface area contributed by atoms with Crippen LogP contribution in [0.3, 0.4) is 0 Å². The summed E-state index contributed by atoms with van der Waals surface area (Å²) in [7, 11) is 0. The van der Waals surface area contributed by atoms with Crippen LogP contribution in [0.1, 0.15) is 32.6 Å². The van der Waals surface area contributed by atoms with Crippen molar-refractivity contribution in [2.24, 2.45) is 0 Å². The van der Waals surface area contributed by atoms with Crippen molar-refractivity contribution in [3.63, 3.8) is 0 Å².